The molecule has 0 saturated heterocycles. The molecule has 4 N–H and O–H groups in total. The highest BCUT2D eigenvalue weighted by atomic mass is 32.2. The number of benzene rings is 2. The van der Waals surface area contributed by atoms with Crippen LogP contribution in [-0.4, -0.2) is 32.0 Å². The molecule has 3 rings (SSSR count). The molecular weight excluding hydrogens is 390 g/mol. The van der Waals surface area contributed by atoms with E-state index in [1.54, 1.807) is 24.3 Å². The van der Waals surface area contributed by atoms with Gasteiger partial charge in [0.1, 0.15) is 12.2 Å². The van der Waals surface area contributed by atoms with Crippen LogP contribution >= 0.6 is 0 Å². The van der Waals surface area contributed by atoms with Crippen molar-refractivity contribution in [3.05, 3.63) is 72.3 Å². The third-order valence-corrected chi connectivity index (χ3v) is 6.19. The van der Waals surface area contributed by atoms with Crippen LogP contribution in [0.5, 0.6) is 0 Å². The van der Waals surface area contributed by atoms with Crippen molar-refractivity contribution in [3.8, 4) is 0 Å². The number of nitrogens with one attached hydrogen (secondary N) is 2. The number of hydrogen-bond donors (Lipinski definition) is 3. The topological polar surface area (TPSA) is 148 Å². The van der Waals surface area contributed by atoms with E-state index in [2.05, 4.69) is 19.9 Å². The number of rotatable bonds is 7. The van der Waals surface area contributed by atoms with E-state index >= 15 is 0 Å². The standard InChI is InChI=1S/C16H17N5O4S2/c17-26(22,23)13-7-4-8-14(9-13)27(24,25)21-15(10-16-18-11-19-20-16)12-5-2-1-3-6-12/h1-9,11,15,21H,10H2,(H2,17,22,23)(H,18,19,20)/t15-/m0/s1. The average molecular weight is 407 g/mol. The number of primary sulfonamides is 1. The van der Waals surface area contributed by atoms with Gasteiger partial charge in [-0.1, -0.05) is 36.4 Å². The molecule has 0 bridgehead atoms. The number of nitrogens with zero attached hydrogens (tertiary/aromatic N) is 2. The molecule has 2 aromatic carbocycles. The van der Waals surface area contributed by atoms with Crippen LogP contribution in [0.3, 0.4) is 0 Å². The van der Waals surface area contributed by atoms with Gasteiger partial charge in [0.25, 0.3) is 0 Å². The molecule has 1 aromatic heterocycles. The lowest BCUT2D eigenvalue weighted by atomic mass is 10.0. The van der Waals surface area contributed by atoms with Crippen molar-refractivity contribution in [1.29, 1.82) is 0 Å². The van der Waals surface area contributed by atoms with E-state index in [9.17, 15) is 16.8 Å². The molecular formula is C16H17N5O4S2. The molecule has 9 nitrogen and oxygen atoms in total. The van der Waals surface area contributed by atoms with Crippen LogP contribution in [0.1, 0.15) is 17.4 Å². The molecule has 0 amide bonds. The molecule has 0 aliphatic heterocycles. The van der Waals surface area contributed by atoms with E-state index in [1.807, 2.05) is 6.07 Å². The quantitative estimate of drug-likeness (QED) is 0.525. The van der Waals surface area contributed by atoms with Gasteiger partial charge in [0.2, 0.25) is 20.0 Å². The van der Waals surface area contributed by atoms with Crippen molar-refractivity contribution in [2.45, 2.75) is 22.3 Å². The normalized spacial score (nSPS) is 13.4. The van der Waals surface area contributed by atoms with Crippen LogP contribution < -0.4 is 9.86 Å². The smallest absolute Gasteiger partial charge is 0.241 e. The summed E-state index contributed by atoms with van der Waals surface area (Å²) in [4.78, 5) is 3.55. The van der Waals surface area contributed by atoms with Gasteiger partial charge in [0.15, 0.2) is 0 Å². The van der Waals surface area contributed by atoms with Gasteiger partial charge in [-0.25, -0.2) is 31.7 Å². The molecule has 3 aromatic rings. The second-order valence-corrected chi connectivity index (χ2v) is 9.02. The minimum atomic E-state index is -4.03. The van der Waals surface area contributed by atoms with Crippen molar-refractivity contribution < 1.29 is 16.8 Å². The van der Waals surface area contributed by atoms with Crippen molar-refractivity contribution >= 4 is 20.0 Å². The van der Waals surface area contributed by atoms with E-state index in [-0.39, 0.29) is 16.2 Å². The summed E-state index contributed by atoms with van der Waals surface area (Å²) in [6.45, 7) is 0. The Bertz CT molecular complexity index is 1110. The van der Waals surface area contributed by atoms with E-state index in [1.165, 1.54) is 24.5 Å². The molecule has 0 spiro atoms. The van der Waals surface area contributed by atoms with E-state index in [0.717, 1.165) is 11.6 Å². The van der Waals surface area contributed by atoms with Gasteiger partial charge in [-0.2, -0.15) is 5.10 Å². The molecule has 0 saturated carbocycles. The fourth-order valence-corrected chi connectivity index (χ4v) is 4.41. The van der Waals surface area contributed by atoms with Crippen LogP contribution in [0.25, 0.3) is 0 Å². The van der Waals surface area contributed by atoms with Crippen molar-refractivity contribution in [1.82, 2.24) is 19.9 Å². The Hall–Kier alpha value is -2.60. The van der Waals surface area contributed by atoms with Gasteiger partial charge >= 0.3 is 0 Å². The van der Waals surface area contributed by atoms with Crippen molar-refractivity contribution in [2.24, 2.45) is 5.14 Å². The molecule has 1 heterocycles. The Morgan fingerprint density at radius 1 is 1.00 bits per heavy atom. The molecule has 0 aliphatic rings. The first kappa shape index (κ1) is 19.2. The van der Waals surface area contributed by atoms with Crippen LogP contribution in [-0.2, 0) is 26.5 Å². The highest BCUT2D eigenvalue weighted by molar-refractivity contribution is 7.90. The van der Waals surface area contributed by atoms with Crippen molar-refractivity contribution in [2.75, 3.05) is 0 Å². The summed E-state index contributed by atoms with van der Waals surface area (Å²) in [5, 5.41) is 11.6. The van der Waals surface area contributed by atoms with Crippen LogP contribution in [0.2, 0.25) is 0 Å². The molecule has 11 heteroatoms. The molecule has 0 fully saturated rings. The highest BCUT2D eigenvalue weighted by Gasteiger charge is 2.24. The van der Waals surface area contributed by atoms with Crippen LogP contribution in [0, 0.1) is 0 Å². The predicted molar refractivity (Wildman–Crippen MR) is 97.4 cm³/mol. The van der Waals surface area contributed by atoms with Crippen LogP contribution in [0.4, 0.5) is 0 Å². The summed E-state index contributed by atoms with van der Waals surface area (Å²) >= 11 is 0. The summed E-state index contributed by atoms with van der Waals surface area (Å²) in [5.74, 6) is 0.504. The minimum Gasteiger partial charge on any atom is -0.263 e. The van der Waals surface area contributed by atoms with Gasteiger partial charge in [0, 0.05) is 6.42 Å². The Morgan fingerprint density at radius 2 is 1.70 bits per heavy atom. The summed E-state index contributed by atoms with van der Waals surface area (Å²) in [5.41, 5.74) is 0.722. The predicted octanol–water partition coefficient (Wildman–Crippen LogP) is 0.714. The zero-order valence-electron chi connectivity index (χ0n) is 14.0. The number of aromatic amines is 1. The van der Waals surface area contributed by atoms with Crippen molar-refractivity contribution in [3.63, 3.8) is 0 Å². The third kappa shape index (κ3) is 4.77. The van der Waals surface area contributed by atoms with E-state index < -0.39 is 26.1 Å². The van der Waals surface area contributed by atoms with Crippen LogP contribution in [0.15, 0.2) is 70.7 Å². The maximum absolute atomic E-state index is 12.8. The molecule has 0 unspecified atom stereocenters. The number of aromatic nitrogens is 3. The molecule has 1 atom stereocenters. The second kappa shape index (κ2) is 7.56. The molecule has 0 aliphatic carbocycles. The fraction of sp³-hybridized carbons (Fsp3) is 0.125. The number of hydrogen-bond acceptors (Lipinski definition) is 6. The molecule has 142 valence electrons. The zero-order valence-corrected chi connectivity index (χ0v) is 15.6. The summed E-state index contributed by atoms with van der Waals surface area (Å²) in [6.07, 6.45) is 1.57. The fourth-order valence-electron chi connectivity index (χ4n) is 2.51. The summed E-state index contributed by atoms with van der Waals surface area (Å²) in [7, 11) is -8.05. The van der Waals surface area contributed by atoms with E-state index in [4.69, 9.17) is 5.14 Å². The first-order chi connectivity index (χ1) is 12.8. The zero-order chi connectivity index (χ0) is 19.5. The first-order valence-corrected chi connectivity index (χ1v) is 10.8. The third-order valence-electron chi connectivity index (χ3n) is 3.81. The molecule has 0 radical (unpaired) electrons. The summed E-state index contributed by atoms with van der Waals surface area (Å²) in [6, 6.07) is 13.2. The molecule has 27 heavy (non-hydrogen) atoms. The number of sulfonamides is 2. The maximum atomic E-state index is 12.8. The average Bonchev–Trinajstić information content (AvgIpc) is 3.14. The maximum Gasteiger partial charge on any atom is 0.241 e. The number of H-pyrrole nitrogens is 1. The lowest BCUT2D eigenvalue weighted by Gasteiger charge is -2.18. The summed E-state index contributed by atoms with van der Waals surface area (Å²) < 4.78 is 51.3. The van der Waals surface area contributed by atoms with Gasteiger partial charge in [-0.3, -0.25) is 5.10 Å². The Labute approximate surface area is 156 Å². The van der Waals surface area contributed by atoms with Gasteiger partial charge in [-0.15, -0.1) is 0 Å². The minimum absolute atomic E-state index is 0.201. The lowest BCUT2D eigenvalue weighted by Crippen LogP contribution is -2.30. The Morgan fingerprint density at radius 3 is 2.33 bits per heavy atom. The number of nitrogens with two attached hydrogens (primary N) is 1. The largest absolute Gasteiger partial charge is 0.263 e. The SMILES string of the molecule is NS(=O)(=O)c1cccc(S(=O)(=O)N[C@@H](Cc2ncn[nH]2)c2ccccc2)c1. The van der Waals surface area contributed by atoms with Gasteiger partial charge in [-0.05, 0) is 23.8 Å². The lowest BCUT2D eigenvalue weighted by molar-refractivity contribution is 0.550. The van der Waals surface area contributed by atoms with Gasteiger partial charge < -0.3 is 0 Å². The monoisotopic (exact) mass is 407 g/mol. The first-order valence-electron chi connectivity index (χ1n) is 7.80. The van der Waals surface area contributed by atoms with E-state index in [0.29, 0.717) is 5.82 Å². The Balaban J connectivity index is 1.95. The van der Waals surface area contributed by atoms with Gasteiger partial charge in [0.05, 0.1) is 15.8 Å². The second-order valence-electron chi connectivity index (χ2n) is 5.74. The Kier molecular flexibility index (Phi) is 5.37. The highest BCUT2D eigenvalue weighted by Crippen LogP contribution is 2.21.